The fourth-order valence-electron chi connectivity index (χ4n) is 1.90. The molecule has 0 aromatic carbocycles. The fraction of sp³-hybridized carbons (Fsp3) is 0.538. The summed E-state index contributed by atoms with van der Waals surface area (Å²) in [6, 6.07) is 4.00. The largest absolute Gasteiger partial charge is 0.397 e. The molecule has 2 N–H and O–H groups in total. The quantitative estimate of drug-likeness (QED) is 0.832. The van der Waals surface area contributed by atoms with Crippen molar-refractivity contribution in [2.75, 3.05) is 11.5 Å². The van der Waals surface area contributed by atoms with Crippen molar-refractivity contribution in [3.05, 3.63) is 18.3 Å². The van der Waals surface area contributed by atoms with Gasteiger partial charge in [-0.05, 0) is 39.8 Å². The van der Waals surface area contributed by atoms with Crippen molar-refractivity contribution in [1.29, 1.82) is 0 Å². The standard InChI is InChI=1S/C13H21N3OS/c1-9(2)16(10(3)4)12(17)8-18-13-11(14)6-5-7-15-13/h5-7,9-10H,8,14H2,1-4H3. The lowest BCUT2D eigenvalue weighted by Gasteiger charge is -2.30. The molecule has 0 fully saturated rings. The first-order valence-corrected chi connectivity index (χ1v) is 7.06. The number of hydrogen-bond donors (Lipinski definition) is 1. The number of amides is 1. The van der Waals surface area contributed by atoms with Crippen LogP contribution in [-0.2, 0) is 4.79 Å². The number of nitrogen functional groups attached to an aromatic ring is 1. The van der Waals surface area contributed by atoms with Crippen LogP contribution >= 0.6 is 11.8 Å². The molecule has 4 nitrogen and oxygen atoms in total. The van der Waals surface area contributed by atoms with Crippen LogP contribution in [0, 0.1) is 0 Å². The number of aromatic nitrogens is 1. The molecule has 0 bridgehead atoms. The van der Waals surface area contributed by atoms with Gasteiger partial charge in [0, 0.05) is 18.3 Å². The molecular formula is C13H21N3OS. The van der Waals surface area contributed by atoms with Gasteiger partial charge in [0.15, 0.2) is 0 Å². The average Bonchev–Trinajstić information content (AvgIpc) is 2.27. The summed E-state index contributed by atoms with van der Waals surface area (Å²) in [7, 11) is 0. The Labute approximate surface area is 113 Å². The molecule has 0 aliphatic heterocycles. The van der Waals surface area contributed by atoms with Gasteiger partial charge in [-0.15, -0.1) is 0 Å². The predicted octanol–water partition coefficient (Wildman–Crippen LogP) is 2.40. The molecule has 0 saturated carbocycles. The van der Waals surface area contributed by atoms with Crippen LogP contribution in [0.25, 0.3) is 0 Å². The zero-order valence-corrected chi connectivity index (χ0v) is 12.2. The molecule has 18 heavy (non-hydrogen) atoms. The van der Waals surface area contributed by atoms with Crippen LogP contribution in [0.2, 0.25) is 0 Å². The van der Waals surface area contributed by atoms with Crippen molar-refractivity contribution >= 4 is 23.4 Å². The number of carbonyl (C=O) groups excluding carboxylic acids is 1. The predicted molar refractivity (Wildman–Crippen MR) is 76.5 cm³/mol. The van der Waals surface area contributed by atoms with Crippen molar-refractivity contribution in [2.24, 2.45) is 0 Å². The summed E-state index contributed by atoms with van der Waals surface area (Å²) in [5, 5.41) is 0.721. The average molecular weight is 267 g/mol. The van der Waals surface area contributed by atoms with E-state index in [2.05, 4.69) is 4.98 Å². The third kappa shape index (κ3) is 3.91. The van der Waals surface area contributed by atoms with Gasteiger partial charge in [-0.25, -0.2) is 4.98 Å². The summed E-state index contributed by atoms with van der Waals surface area (Å²) in [6.45, 7) is 8.10. The molecule has 0 aliphatic carbocycles. The summed E-state index contributed by atoms with van der Waals surface area (Å²) in [4.78, 5) is 18.2. The van der Waals surface area contributed by atoms with Crippen molar-refractivity contribution in [3.8, 4) is 0 Å². The second-order valence-electron chi connectivity index (χ2n) is 4.67. The number of nitrogens with zero attached hydrogens (tertiary/aromatic N) is 2. The minimum absolute atomic E-state index is 0.120. The van der Waals surface area contributed by atoms with Gasteiger partial charge in [-0.2, -0.15) is 0 Å². The minimum atomic E-state index is 0.120. The van der Waals surface area contributed by atoms with Crippen molar-refractivity contribution < 1.29 is 4.79 Å². The number of thioether (sulfide) groups is 1. The molecule has 0 atom stereocenters. The zero-order chi connectivity index (χ0) is 13.7. The molecule has 0 aliphatic rings. The summed E-state index contributed by atoms with van der Waals surface area (Å²) in [5.74, 6) is 0.493. The zero-order valence-electron chi connectivity index (χ0n) is 11.4. The van der Waals surface area contributed by atoms with Crippen LogP contribution in [0.3, 0.4) is 0 Å². The molecule has 5 heteroatoms. The van der Waals surface area contributed by atoms with E-state index in [0.717, 1.165) is 5.03 Å². The van der Waals surface area contributed by atoms with Crippen LogP contribution in [0.5, 0.6) is 0 Å². The lowest BCUT2D eigenvalue weighted by Crippen LogP contribution is -2.43. The van der Waals surface area contributed by atoms with E-state index < -0.39 is 0 Å². The first-order valence-electron chi connectivity index (χ1n) is 6.08. The normalized spacial score (nSPS) is 11.0. The molecule has 1 aromatic heterocycles. The number of anilines is 1. The molecule has 1 aromatic rings. The molecule has 0 unspecified atom stereocenters. The first kappa shape index (κ1) is 14.8. The Morgan fingerprint density at radius 1 is 1.39 bits per heavy atom. The van der Waals surface area contributed by atoms with Crippen LogP contribution in [0.15, 0.2) is 23.4 Å². The van der Waals surface area contributed by atoms with Gasteiger partial charge in [0.1, 0.15) is 5.03 Å². The highest BCUT2D eigenvalue weighted by molar-refractivity contribution is 8.00. The molecular weight excluding hydrogens is 246 g/mol. The Hall–Kier alpha value is -1.23. The fourth-order valence-corrected chi connectivity index (χ4v) is 2.68. The maximum atomic E-state index is 12.1. The van der Waals surface area contributed by atoms with Gasteiger partial charge >= 0.3 is 0 Å². The summed E-state index contributed by atoms with van der Waals surface area (Å²) in [6.07, 6.45) is 1.69. The molecule has 1 rings (SSSR count). The maximum absolute atomic E-state index is 12.1. The van der Waals surface area contributed by atoms with Gasteiger partial charge in [0.05, 0.1) is 11.4 Å². The van der Waals surface area contributed by atoms with E-state index >= 15 is 0 Å². The molecule has 0 radical (unpaired) electrons. The summed E-state index contributed by atoms with van der Waals surface area (Å²) >= 11 is 1.39. The van der Waals surface area contributed by atoms with Gasteiger partial charge in [-0.3, -0.25) is 4.79 Å². The summed E-state index contributed by atoms with van der Waals surface area (Å²) < 4.78 is 0. The molecule has 100 valence electrons. The van der Waals surface area contributed by atoms with E-state index in [4.69, 9.17) is 5.73 Å². The van der Waals surface area contributed by atoms with E-state index in [1.807, 2.05) is 32.6 Å². The maximum Gasteiger partial charge on any atom is 0.233 e. The smallest absolute Gasteiger partial charge is 0.233 e. The first-order chi connectivity index (χ1) is 8.43. The number of pyridine rings is 1. The van der Waals surface area contributed by atoms with E-state index in [1.54, 1.807) is 18.3 Å². The van der Waals surface area contributed by atoms with E-state index in [-0.39, 0.29) is 18.0 Å². The monoisotopic (exact) mass is 267 g/mol. The third-order valence-electron chi connectivity index (χ3n) is 2.53. The van der Waals surface area contributed by atoms with Gasteiger partial charge < -0.3 is 10.6 Å². The highest BCUT2D eigenvalue weighted by Crippen LogP contribution is 2.22. The molecule has 0 saturated heterocycles. The van der Waals surface area contributed by atoms with E-state index in [0.29, 0.717) is 11.4 Å². The minimum Gasteiger partial charge on any atom is -0.397 e. The van der Waals surface area contributed by atoms with Crippen LogP contribution in [-0.4, -0.2) is 33.6 Å². The Morgan fingerprint density at radius 2 is 2.00 bits per heavy atom. The number of nitrogens with two attached hydrogens (primary N) is 1. The van der Waals surface area contributed by atoms with Gasteiger partial charge in [0.25, 0.3) is 0 Å². The number of rotatable bonds is 5. The Kier molecular flexibility index (Phi) is 5.47. The number of hydrogen-bond acceptors (Lipinski definition) is 4. The third-order valence-corrected chi connectivity index (χ3v) is 3.54. The SMILES string of the molecule is CC(C)N(C(=O)CSc1ncccc1N)C(C)C. The molecule has 1 heterocycles. The highest BCUT2D eigenvalue weighted by Gasteiger charge is 2.20. The van der Waals surface area contributed by atoms with Gasteiger partial charge in [0.2, 0.25) is 5.91 Å². The van der Waals surface area contributed by atoms with Crippen molar-refractivity contribution in [2.45, 2.75) is 44.8 Å². The van der Waals surface area contributed by atoms with E-state index in [1.165, 1.54) is 11.8 Å². The lowest BCUT2D eigenvalue weighted by molar-refractivity contribution is -0.131. The second kappa shape index (κ2) is 6.64. The Bertz CT molecular complexity index is 399. The Balaban J connectivity index is 2.63. The molecule has 1 amide bonds. The van der Waals surface area contributed by atoms with Crippen molar-refractivity contribution in [3.63, 3.8) is 0 Å². The van der Waals surface area contributed by atoms with Crippen LogP contribution in [0.1, 0.15) is 27.7 Å². The molecule has 0 spiro atoms. The van der Waals surface area contributed by atoms with Gasteiger partial charge in [-0.1, -0.05) is 11.8 Å². The van der Waals surface area contributed by atoms with Crippen molar-refractivity contribution in [1.82, 2.24) is 9.88 Å². The number of carbonyl (C=O) groups is 1. The topological polar surface area (TPSA) is 59.2 Å². The second-order valence-corrected chi connectivity index (χ2v) is 5.64. The van der Waals surface area contributed by atoms with E-state index in [9.17, 15) is 4.79 Å². The summed E-state index contributed by atoms with van der Waals surface area (Å²) in [5.41, 5.74) is 6.42. The Morgan fingerprint density at radius 3 is 2.50 bits per heavy atom. The van der Waals surface area contributed by atoms with Crippen LogP contribution < -0.4 is 5.73 Å². The van der Waals surface area contributed by atoms with Crippen LogP contribution in [0.4, 0.5) is 5.69 Å². The highest BCUT2D eigenvalue weighted by atomic mass is 32.2. The lowest BCUT2D eigenvalue weighted by atomic mass is 10.2.